The molecule has 0 bridgehead atoms. The average Bonchev–Trinajstić information content (AvgIpc) is 2.17. The van der Waals surface area contributed by atoms with Crippen LogP contribution in [0.2, 0.25) is 0 Å². The number of carbonyl (C=O) groups excluding carboxylic acids is 1. The minimum absolute atomic E-state index is 0.296. The van der Waals surface area contributed by atoms with Crippen molar-refractivity contribution in [2.75, 3.05) is 0 Å². The molecule has 0 fully saturated rings. The second-order valence-electron chi connectivity index (χ2n) is 3.81. The summed E-state index contributed by atoms with van der Waals surface area (Å²) in [6, 6.07) is 6.04. The normalized spacial score (nSPS) is 18.9. The van der Waals surface area contributed by atoms with E-state index in [1.54, 1.807) is 0 Å². The molecule has 1 aliphatic heterocycles. The van der Waals surface area contributed by atoms with Crippen molar-refractivity contribution in [1.29, 1.82) is 0 Å². The predicted molar refractivity (Wildman–Crippen MR) is 55.7 cm³/mol. The minimum Gasteiger partial charge on any atom is -0.454 e. The first-order valence-electron chi connectivity index (χ1n) is 5.08. The summed E-state index contributed by atoms with van der Waals surface area (Å²) >= 11 is 0. The minimum atomic E-state index is -0.419. The van der Waals surface area contributed by atoms with Crippen LogP contribution < -0.4 is 4.74 Å². The Bertz CT molecular complexity index is 384. The zero-order chi connectivity index (χ0) is 10.8. The highest BCUT2D eigenvalue weighted by Gasteiger charge is 2.21. The lowest BCUT2D eigenvalue weighted by molar-refractivity contribution is -0.162. The van der Waals surface area contributed by atoms with E-state index in [0.29, 0.717) is 0 Å². The highest BCUT2D eigenvalue weighted by Crippen LogP contribution is 2.28. The van der Waals surface area contributed by atoms with Gasteiger partial charge in [-0.25, -0.2) is 0 Å². The summed E-state index contributed by atoms with van der Waals surface area (Å²) < 4.78 is 10.6. The van der Waals surface area contributed by atoms with Gasteiger partial charge in [-0.2, -0.15) is 0 Å². The van der Waals surface area contributed by atoms with Gasteiger partial charge in [0, 0.05) is 13.3 Å². The molecule has 1 heterocycles. The van der Waals surface area contributed by atoms with E-state index in [-0.39, 0.29) is 5.97 Å². The molecule has 2 rings (SSSR count). The van der Waals surface area contributed by atoms with Gasteiger partial charge in [0.2, 0.25) is 6.29 Å². The maximum atomic E-state index is 10.8. The lowest BCUT2D eigenvalue weighted by Gasteiger charge is -2.25. The Morgan fingerprint density at radius 1 is 1.53 bits per heavy atom. The van der Waals surface area contributed by atoms with Gasteiger partial charge in [0.05, 0.1) is 0 Å². The molecule has 1 aliphatic rings. The number of fused-ring (bicyclic) bond motifs is 1. The Kier molecular flexibility index (Phi) is 2.62. The van der Waals surface area contributed by atoms with Crippen LogP contribution in [0, 0.1) is 6.92 Å². The Morgan fingerprint density at radius 2 is 2.33 bits per heavy atom. The van der Waals surface area contributed by atoms with Crippen molar-refractivity contribution in [3.05, 3.63) is 29.3 Å². The summed E-state index contributed by atoms with van der Waals surface area (Å²) in [4.78, 5) is 10.8. The van der Waals surface area contributed by atoms with E-state index in [4.69, 9.17) is 9.47 Å². The van der Waals surface area contributed by atoms with Crippen LogP contribution in [0.3, 0.4) is 0 Å². The number of carbonyl (C=O) groups is 1. The number of hydrogen-bond donors (Lipinski definition) is 0. The van der Waals surface area contributed by atoms with E-state index in [2.05, 4.69) is 13.0 Å². The maximum Gasteiger partial charge on any atom is 0.305 e. The van der Waals surface area contributed by atoms with Gasteiger partial charge >= 0.3 is 5.97 Å². The van der Waals surface area contributed by atoms with Crippen LogP contribution in [-0.4, -0.2) is 12.3 Å². The van der Waals surface area contributed by atoms with Crippen LogP contribution in [0.25, 0.3) is 0 Å². The van der Waals surface area contributed by atoms with Crippen LogP contribution >= 0.6 is 0 Å². The summed E-state index contributed by atoms with van der Waals surface area (Å²) in [7, 11) is 0. The van der Waals surface area contributed by atoms with Gasteiger partial charge in [-0.1, -0.05) is 17.7 Å². The van der Waals surface area contributed by atoms with Gasteiger partial charge in [-0.3, -0.25) is 4.79 Å². The third kappa shape index (κ3) is 2.29. The summed E-state index contributed by atoms with van der Waals surface area (Å²) in [5, 5.41) is 0. The van der Waals surface area contributed by atoms with Crippen molar-refractivity contribution in [2.45, 2.75) is 33.0 Å². The first-order valence-corrected chi connectivity index (χ1v) is 5.08. The van der Waals surface area contributed by atoms with Crippen LogP contribution in [0.1, 0.15) is 24.5 Å². The molecular weight excluding hydrogens is 192 g/mol. The second-order valence-corrected chi connectivity index (χ2v) is 3.81. The van der Waals surface area contributed by atoms with E-state index in [1.165, 1.54) is 18.1 Å². The smallest absolute Gasteiger partial charge is 0.305 e. The van der Waals surface area contributed by atoms with E-state index >= 15 is 0 Å². The summed E-state index contributed by atoms with van der Waals surface area (Å²) in [6.07, 6.45) is 1.21. The van der Waals surface area contributed by atoms with Gasteiger partial charge in [0.15, 0.2) is 0 Å². The van der Waals surface area contributed by atoms with Crippen molar-refractivity contribution < 1.29 is 14.3 Å². The molecule has 0 aromatic heterocycles. The number of ether oxygens (including phenoxy) is 2. The van der Waals surface area contributed by atoms with E-state index in [0.717, 1.165) is 18.6 Å². The maximum absolute atomic E-state index is 10.8. The fourth-order valence-corrected chi connectivity index (χ4v) is 1.76. The summed E-state index contributed by atoms with van der Waals surface area (Å²) in [5.74, 6) is 0.536. The van der Waals surface area contributed by atoms with Crippen molar-refractivity contribution in [3.63, 3.8) is 0 Å². The zero-order valence-corrected chi connectivity index (χ0v) is 8.95. The first-order chi connectivity index (χ1) is 7.15. The molecular formula is C12H14O3. The SMILES string of the molecule is CC(=O)O[C@@H]1CCc2cc(C)ccc2O1. The molecule has 3 heteroatoms. The van der Waals surface area contributed by atoms with Crippen molar-refractivity contribution >= 4 is 5.97 Å². The monoisotopic (exact) mass is 206 g/mol. The molecule has 15 heavy (non-hydrogen) atoms. The first kappa shape index (κ1) is 10.0. The van der Waals surface area contributed by atoms with E-state index in [9.17, 15) is 4.79 Å². The number of rotatable bonds is 1. The lowest BCUT2D eigenvalue weighted by Crippen LogP contribution is -2.27. The number of aryl methyl sites for hydroxylation is 2. The third-order valence-electron chi connectivity index (χ3n) is 2.42. The van der Waals surface area contributed by atoms with Gasteiger partial charge in [0.25, 0.3) is 0 Å². The van der Waals surface area contributed by atoms with Gasteiger partial charge in [0.1, 0.15) is 5.75 Å². The number of hydrogen-bond acceptors (Lipinski definition) is 3. The fraction of sp³-hybridized carbons (Fsp3) is 0.417. The number of esters is 1. The van der Waals surface area contributed by atoms with E-state index < -0.39 is 6.29 Å². The molecule has 1 atom stereocenters. The molecule has 0 N–H and O–H groups in total. The van der Waals surface area contributed by atoms with Gasteiger partial charge in [-0.05, 0) is 25.0 Å². The van der Waals surface area contributed by atoms with E-state index in [1.807, 2.05) is 12.1 Å². The molecule has 80 valence electrons. The summed E-state index contributed by atoms with van der Waals surface area (Å²) in [6.45, 7) is 3.45. The number of benzene rings is 1. The van der Waals surface area contributed by atoms with Crippen molar-refractivity contribution in [2.24, 2.45) is 0 Å². The molecule has 0 saturated heterocycles. The molecule has 0 radical (unpaired) electrons. The Balaban J connectivity index is 2.13. The lowest BCUT2D eigenvalue weighted by atomic mass is 10.0. The zero-order valence-electron chi connectivity index (χ0n) is 8.95. The van der Waals surface area contributed by atoms with Crippen LogP contribution in [0.4, 0.5) is 0 Å². The van der Waals surface area contributed by atoms with Crippen molar-refractivity contribution in [1.82, 2.24) is 0 Å². The van der Waals surface area contributed by atoms with Crippen molar-refractivity contribution in [3.8, 4) is 5.75 Å². The molecule has 3 nitrogen and oxygen atoms in total. The Labute approximate surface area is 89.0 Å². The average molecular weight is 206 g/mol. The molecule has 0 amide bonds. The quantitative estimate of drug-likeness (QED) is 0.661. The summed E-state index contributed by atoms with van der Waals surface area (Å²) in [5.41, 5.74) is 2.42. The Morgan fingerprint density at radius 3 is 3.07 bits per heavy atom. The molecule has 1 aromatic rings. The topological polar surface area (TPSA) is 35.5 Å². The predicted octanol–water partition coefficient (Wildman–Crippen LogP) is 2.21. The molecule has 0 saturated carbocycles. The molecule has 0 spiro atoms. The second kappa shape index (κ2) is 3.93. The standard InChI is InChI=1S/C12H14O3/c1-8-3-5-11-10(7-8)4-6-12(15-11)14-9(2)13/h3,5,7,12H,4,6H2,1-2H3/t12-/m0/s1. The van der Waals surface area contributed by atoms with Crippen LogP contribution in [-0.2, 0) is 16.0 Å². The highest BCUT2D eigenvalue weighted by atomic mass is 16.7. The molecule has 0 unspecified atom stereocenters. The van der Waals surface area contributed by atoms with Gasteiger partial charge in [-0.15, -0.1) is 0 Å². The molecule has 1 aromatic carbocycles. The fourth-order valence-electron chi connectivity index (χ4n) is 1.76. The van der Waals surface area contributed by atoms with Gasteiger partial charge < -0.3 is 9.47 Å². The highest BCUT2D eigenvalue weighted by molar-refractivity contribution is 5.66. The van der Waals surface area contributed by atoms with Crippen LogP contribution in [0.5, 0.6) is 5.75 Å². The van der Waals surface area contributed by atoms with Crippen LogP contribution in [0.15, 0.2) is 18.2 Å². The molecule has 0 aliphatic carbocycles. The Hall–Kier alpha value is -1.51. The largest absolute Gasteiger partial charge is 0.454 e. The third-order valence-corrected chi connectivity index (χ3v) is 2.42.